The molecule has 4 nitrogen and oxygen atoms in total. The number of aromatic nitrogens is 1. The summed E-state index contributed by atoms with van der Waals surface area (Å²) in [6.07, 6.45) is 2.09. The predicted molar refractivity (Wildman–Crippen MR) is 53.9 cm³/mol. The SMILES string of the molecule is CC(CNCc1ccc[nH]1)CC(=O)O. The zero-order valence-corrected chi connectivity index (χ0v) is 8.29. The van der Waals surface area contributed by atoms with Crippen LogP contribution < -0.4 is 5.32 Å². The minimum Gasteiger partial charge on any atom is -0.481 e. The highest BCUT2D eigenvalue weighted by Crippen LogP contribution is 2.00. The summed E-state index contributed by atoms with van der Waals surface area (Å²) < 4.78 is 0. The molecule has 14 heavy (non-hydrogen) atoms. The first kappa shape index (κ1) is 10.8. The van der Waals surface area contributed by atoms with Crippen LogP contribution in [-0.2, 0) is 11.3 Å². The van der Waals surface area contributed by atoms with Crippen molar-refractivity contribution in [3.05, 3.63) is 24.0 Å². The molecule has 1 rings (SSSR count). The number of hydrogen-bond acceptors (Lipinski definition) is 2. The van der Waals surface area contributed by atoms with E-state index in [1.165, 1.54) is 0 Å². The lowest BCUT2D eigenvalue weighted by atomic mass is 10.1. The van der Waals surface area contributed by atoms with Gasteiger partial charge in [0.1, 0.15) is 0 Å². The summed E-state index contributed by atoms with van der Waals surface area (Å²) in [5.74, 6) is -0.568. The quantitative estimate of drug-likeness (QED) is 0.641. The maximum atomic E-state index is 10.4. The van der Waals surface area contributed by atoms with E-state index in [4.69, 9.17) is 5.11 Å². The molecular weight excluding hydrogens is 180 g/mol. The topological polar surface area (TPSA) is 65.1 Å². The van der Waals surface area contributed by atoms with Crippen LogP contribution >= 0.6 is 0 Å². The fourth-order valence-electron chi connectivity index (χ4n) is 1.30. The van der Waals surface area contributed by atoms with E-state index < -0.39 is 5.97 Å². The van der Waals surface area contributed by atoms with Gasteiger partial charge in [-0.3, -0.25) is 4.79 Å². The molecular formula is C10H16N2O2. The van der Waals surface area contributed by atoms with E-state index in [1.807, 2.05) is 25.3 Å². The normalized spacial score (nSPS) is 12.6. The average molecular weight is 196 g/mol. The number of H-pyrrole nitrogens is 1. The second-order valence-electron chi connectivity index (χ2n) is 3.53. The second-order valence-corrected chi connectivity index (χ2v) is 3.53. The minimum atomic E-state index is -0.737. The number of aromatic amines is 1. The molecule has 0 aliphatic carbocycles. The van der Waals surface area contributed by atoms with Gasteiger partial charge in [0.2, 0.25) is 0 Å². The van der Waals surface area contributed by atoms with Crippen LogP contribution in [0.3, 0.4) is 0 Å². The third kappa shape index (κ3) is 4.09. The van der Waals surface area contributed by atoms with E-state index in [2.05, 4.69) is 10.3 Å². The lowest BCUT2D eigenvalue weighted by Crippen LogP contribution is -2.22. The van der Waals surface area contributed by atoms with Crippen LogP contribution in [0.1, 0.15) is 19.0 Å². The van der Waals surface area contributed by atoms with Crippen LogP contribution in [-0.4, -0.2) is 22.6 Å². The first-order valence-electron chi connectivity index (χ1n) is 4.73. The summed E-state index contributed by atoms with van der Waals surface area (Å²) in [6, 6.07) is 3.94. The number of rotatable bonds is 6. The van der Waals surface area contributed by atoms with Gasteiger partial charge in [0, 0.05) is 24.9 Å². The number of carboxylic acid groups (broad SMARTS) is 1. The Morgan fingerprint density at radius 2 is 2.50 bits per heavy atom. The Morgan fingerprint density at radius 1 is 1.71 bits per heavy atom. The number of carbonyl (C=O) groups is 1. The van der Waals surface area contributed by atoms with Gasteiger partial charge in [-0.1, -0.05) is 6.92 Å². The van der Waals surface area contributed by atoms with Gasteiger partial charge in [0.25, 0.3) is 0 Å². The molecule has 0 fully saturated rings. The lowest BCUT2D eigenvalue weighted by molar-refractivity contribution is -0.137. The Balaban J connectivity index is 2.12. The molecule has 1 atom stereocenters. The van der Waals surface area contributed by atoms with Gasteiger partial charge in [0.15, 0.2) is 0 Å². The summed E-state index contributed by atoms with van der Waals surface area (Å²) in [5.41, 5.74) is 1.12. The molecule has 0 aliphatic rings. The van der Waals surface area contributed by atoms with Gasteiger partial charge in [-0.25, -0.2) is 0 Å². The van der Waals surface area contributed by atoms with Gasteiger partial charge < -0.3 is 15.4 Å². The van der Waals surface area contributed by atoms with Gasteiger partial charge in [-0.15, -0.1) is 0 Å². The van der Waals surface area contributed by atoms with Gasteiger partial charge in [-0.2, -0.15) is 0 Å². The van der Waals surface area contributed by atoms with E-state index in [9.17, 15) is 4.79 Å². The average Bonchev–Trinajstić information content (AvgIpc) is 2.55. The summed E-state index contributed by atoms with van der Waals surface area (Å²) in [6.45, 7) is 3.41. The van der Waals surface area contributed by atoms with Crippen molar-refractivity contribution in [1.82, 2.24) is 10.3 Å². The van der Waals surface area contributed by atoms with Crippen molar-refractivity contribution in [2.24, 2.45) is 5.92 Å². The van der Waals surface area contributed by atoms with E-state index in [-0.39, 0.29) is 12.3 Å². The Hall–Kier alpha value is -1.29. The summed E-state index contributed by atoms with van der Waals surface area (Å²) in [4.78, 5) is 13.4. The van der Waals surface area contributed by atoms with Crippen molar-refractivity contribution in [2.75, 3.05) is 6.54 Å². The Kier molecular flexibility index (Phi) is 4.19. The third-order valence-electron chi connectivity index (χ3n) is 1.99. The van der Waals surface area contributed by atoms with Crippen molar-refractivity contribution in [1.29, 1.82) is 0 Å². The molecule has 0 saturated heterocycles. The van der Waals surface area contributed by atoms with Crippen LogP contribution in [0.15, 0.2) is 18.3 Å². The van der Waals surface area contributed by atoms with Crippen molar-refractivity contribution in [2.45, 2.75) is 19.9 Å². The Labute approximate surface area is 83.3 Å². The maximum Gasteiger partial charge on any atom is 0.303 e. The van der Waals surface area contributed by atoms with Gasteiger partial charge in [0.05, 0.1) is 0 Å². The molecule has 4 heteroatoms. The number of nitrogens with one attached hydrogen (secondary N) is 2. The van der Waals surface area contributed by atoms with Crippen LogP contribution in [0.4, 0.5) is 0 Å². The summed E-state index contributed by atoms with van der Waals surface area (Å²) in [7, 11) is 0. The van der Waals surface area contributed by atoms with Gasteiger partial charge >= 0.3 is 5.97 Å². The van der Waals surface area contributed by atoms with Crippen molar-refractivity contribution < 1.29 is 9.90 Å². The molecule has 0 aliphatic heterocycles. The van der Waals surface area contributed by atoms with E-state index >= 15 is 0 Å². The molecule has 0 amide bonds. The Bertz CT molecular complexity index is 270. The standard InChI is InChI=1S/C10H16N2O2/c1-8(5-10(13)14)6-11-7-9-3-2-4-12-9/h2-4,8,11-12H,5-7H2,1H3,(H,13,14). The minimum absolute atomic E-state index is 0.169. The monoisotopic (exact) mass is 196 g/mol. The van der Waals surface area contributed by atoms with E-state index in [0.29, 0.717) is 0 Å². The number of carboxylic acids is 1. The van der Waals surface area contributed by atoms with Crippen LogP contribution in [0.25, 0.3) is 0 Å². The first-order chi connectivity index (χ1) is 6.68. The smallest absolute Gasteiger partial charge is 0.303 e. The molecule has 0 saturated carbocycles. The Morgan fingerprint density at radius 3 is 3.07 bits per heavy atom. The second kappa shape index (κ2) is 5.44. The highest BCUT2D eigenvalue weighted by molar-refractivity contribution is 5.66. The van der Waals surface area contributed by atoms with E-state index in [0.717, 1.165) is 18.8 Å². The molecule has 0 aromatic carbocycles. The maximum absolute atomic E-state index is 10.4. The van der Waals surface area contributed by atoms with Crippen molar-refractivity contribution in [3.8, 4) is 0 Å². The van der Waals surface area contributed by atoms with Gasteiger partial charge in [-0.05, 0) is 24.6 Å². The summed E-state index contributed by atoms with van der Waals surface area (Å²) >= 11 is 0. The van der Waals surface area contributed by atoms with Crippen LogP contribution in [0, 0.1) is 5.92 Å². The molecule has 0 spiro atoms. The number of aliphatic carboxylic acids is 1. The van der Waals surface area contributed by atoms with Crippen molar-refractivity contribution in [3.63, 3.8) is 0 Å². The largest absolute Gasteiger partial charge is 0.481 e. The highest BCUT2D eigenvalue weighted by Gasteiger charge is 2.06. The molecule has 0 radical (unpaired) electrons. The number of hydrogen-bond donors (Lipinski definition) is 3. The molecule has 1 aromatic rings. The summed E-state index contributed by atoms with van der Waals surface area (Å²) in [5, 5.41) is 11.7. The zero-order chi connectivity index (χ0) is 10.4. The van der Waals surface area contributed by atoms with Crippen LogP contribution in [0.2, 0.25) is 0 Å². The zero-order valence-electron chi connectivity index (χ0n) is 8.29. The fraction of sp³-hybridized carbons (Fsp3) is 0.500. The molecule has 0 bridgehead atoms. The molecule has 3 N–H and O–H groups in total. The highest BCUT2D eigenvalue weighted by atomic mass is 16.4. The van der Waals surface area contributed by atoms with E-state index in [1.54, 1.807) is 0 Å². The first-order valence-corrected chi connectivity index (χ1v) is 4.73. The fourth-order valence-corrected chi connectivity index (χ4v) is 1.30. The molecule has 1 aromatic heterocycles. The molecule has 78 valence electrons. The van der Waals surface area contributed by atoms with Crippen LogP contribution in [0.5, 0.6) is 0 Å². The molecule has 1 unspecified atom stereocenters. The molecule has 1 heterocycles. The predicted octanol–water partition coefficient (Wildman–Crippen LogP) is 1.22. The third-order valence-corrected chi connectivity index (χ3v) is 1.99. The lowest BCUT2D eigenvalue weighted by Gasteiger charge is -2.09. The van der Waals surface area contributed by atoms with Crippen molar-refractivity contribution >= 4 is 5.97 Å².